The molecule has 3 heteroatoms. The molecule has 3 nitrogen and oxygen atoms in total. The Kier molecular flexibility index (Phi) is 2.86. The van der Waals surface area contributed by atoms with Gasteiger partial charge in [0.15, 0.2) is 0 Å². The van der Waals surface area contributed by atoms with Crippen LogP contribution >= 0.6 is 0 Å². The number of aromatic nitrogens is 2. The molecule has 2 rings (SSSR count). The molecule has 1 aromatic carbocycles. The van der Waals surface area contributed by atoms with Crippen LogP contribution in [-0.2, 0) is 0 Å². The maximum absolute atomic E-state index is 5.63. The first kappa shape index (κ1) is 10.6. The van der Waals surface area contributed by atoms with E-state index in [1.807, 2.05) is 36.4 Å². The van der Waals surface area contributed by atoms with E-state index in [9.17, 15) is 0 Å². The van der Waals surface area contributed by atoms with Crippen molar-refractivity contribution in [2.24, 2.45) is 0 Å². The Morgan fingerprint density at radius 3 is 2.12 bits per heavy atom. The third kappa shape index (κ3) is 2.19. The van der Waals surface area contributed by atoms with Crippen molar-refractivity contribution < 1.29 is 0 Å². The van der Waals surface area contributed by atoms with Crippen LogP contribution in [0.3, 0.4) is 0 Å². The molecule has 2 aromatic rings. The zero-order valence-corrected chi connectivity index (χ0v) is 9.51. The molecular formula is C13H15N3. The smallest absolute Gasteiger partial charge is 0.0929 e. The molecule has 1 heterocycles. The van der Waals surface area contributed by atoms with Crippen LogP contribution in [-0.4, -0.2) is 10.2 Å². The van der Waals surface area contributed by atoms with Crippen LogP contribution in [0.25, 0.3) is 11.3 Å². The lowest BCUT2D eigenvalue weighted by Gasteiger charge is -2.04. The molecule has 0 aliphatic heterocycles. The molecule has 16 heavy (non-hydrogen) atoms. The molecule has 0 radical (unpaired) electrons. The minimum Gasteiger partial charge on any atom is -0.399 e. The molecule has 0 aliphatic rings. The Labute approximate surface area is 95.3 Å². The molecule has 1 aromatic heterocycles. The number of benzene rings is 1. The van der Waals surface area contributed by atoms with E-state index < -0.39 is 0 Å². The van der Waals surface area contributed by atoms with Crippen LogP contribution in [0.2, 0.25) is 0 Å². The molecular weight excluding hydrogens is 198 g/mol. The van der Waals surface area contributed by atoms with Gasteiger partial charge in [-0.15, -0.1) is 0 Å². The third-order valence-electron chi connectivity index (χ3n) is 2.48. The maximum Gasteiger partial charge on any atom is 0.0929 e. The summed E-state index contributed by atoms with van der Waals surface area (Å²) >= 11 is 0. The highest BCUT2D eigenvalue weighted by atomic mass is 15.1. The van der Waals surface area contributed by atoms with Crippen LogP contribution in [0.1, 0.15) is 25.5 Å². The standard InChI is InChI=1S/C13H15N3/c1-9(2)12-7-8-13(16-15-12)10-3-5-11(14)6-4-10/h3-9H,14H2,1-2H3. The first-order chi connectivity index (χ1) is 7.66. The van der Waals surface area contributed by atoms with Gasteiger partial charge in [-0.05, 0) is 30.2 Å². The summed E-state index contributed by atoms with van der Waals surface area (Å²) in [5.74, 6) is 0.410. The zero-order valence-electron chi connectivity index (χ0n) is 9.51. The van der Waals surface area contributed by atoms with Crippen LogP contribution in [0.5, 0.6) is 0 Å². The second kappa shape index (κ2) is 4.31. The maximum atomic E-state index is 5.63. The Morgan fingerprint density at radius 1 is 0.938 bits per heavy atom. The van der Waals surface area contributed by atoms with Gasteiger partial charge in [-0.25, -0.2) is 0 Å². The fourth-order valence-corrected chi connectivity index (χ4v) is 1.46. The monoisotopic (exact) mass is 213 g/mol. The van der Waals surface area contributed by atoms with Crippen molar-refractivity contribution >= 4 is 5.69 Å². The molecule has 0 aliphatic carbocycles. The summed E-state index contributed by atoms with van der Waals surface area (Å²) in [6.45, 7) is 4.21. The van der Waals surface area contributed by atoms with Gasteiger partial charge in [0, 0.05) is 11.3 Å². The van der Waals surface area contributed by atoms with Gasteiger partial charge >= 0.3 is 0 Å². The van der Waals surface area contributed by atoms with Gasteiger partial charge in [-0.2, -0.15) is 10.2 Å². The average molecular weight is 213 g/mol. The van der Waals surface area contributed by atoms with E-state index in [0.29, 0.717) is 5.92 Å². The fourth-order valence-electron chi connectivity index (χ4n) is 1.46. The number of hydrogen-bond acceptors (Lipinski definition) is 3. The minimum atomic E-state index is 0.410. The number of rotatable bonds is 2. The van der Waals surface area contributed by atoms with Gasteiger partial charge in [0.1, 0.15) is 0 Å². The van der Waals surface area contributed by atoms with E-state index >= 15 is 0 Å². The van der Waals surface area contributed by atoms with Crippen molar-refractivity contribution in [2.45, 2.75) is 19.8 Å². The number of nitrogens with two attached hydrogens (primary N) is 1. The van der Waals surface area contributed by atoms with Crippen LogP contribution in [0.15, 0.2) is 36.4 Å². The molecule has 82 valence electrons. The Balaban J connectivity index is 2.31. The van der Waals surface area contributed by atoms with Crippen molar-refractivity contribution in [1.29, 1.82) is 0 Å². The summed E-state index contributed by atoms with van der Waals surface area (Å²) < 4.78 is 0. The van der Waals surface area contributed by atoms with Crippen LogP contribution in [0.4, 0.5) is 5.69 Å². The summed E-state index contributed by atoms with van der Waals surface area (Å²) in [6.07, 6.45) is 0. The van der Waals surface area contributed by atoms with E-state index in [4.69, 9.17) is 5.73 Å². The molecule has 0 saturated carbocycles. The second-order valence-corrected chi connectivity index (χ2v) is 4.12. The zero-order chi connectivity index (χ0) is 11.5. The second-order valence-electron chi connectivity index (χ2n) is 4.12. The van der Waals surface area contributed by atoms with Gasteiger partial charge in [-0.3, -0.25) is 0 Å². The van der Waals surface area contributed by atoms with Crippen LogP contribution < -0.4 is 5.73 Å². The SMILES string of the molecule is CC(C)c1ccc(-c2ccc(N)cc2)nn1. The van der Waals surface area contributed by atoms with Crippen molar-refractivity contribution in [3.63, 3.8) is 0 Å². The highest BCUT2D eigenvalue weighted by Crippen LogP contribution is 2.19. The topological polar surface area (TPSA) is 51.8 Å². The van der Waals surface area contributed by atoms with Crippen molar-refractivity contribution in [1.82, 2.24) is 10.2 Å². The van der Waals surface area contributed by atoms with Gasteiger partial charge in [0.25, 0.3) is 0 Å². The lowest BCUT2D eigenvalue weighted by atomic mass is 10.1. The fraction of sp³-hybridized carbons (Fsp3) is 0.231. The largest absolute Gasteiger partial charge is 0.399 e. The first-order valence-electron chi connectivity index (χ1n) is 5.36. The highest BCUT2D eigenvalue weighted by Gasteiger charge is 2.03. The van der Waals surface area contributed by atoms with E-state index in [1.165, 1.54) is 0 Å². The van der Waals surface area contributed by atoms with E-state index in [2.05, 4.69) is 24.0 Å². The van der Waals surface area contributed by atoms with E-state index in [0.717, 1.165) is 22.6 Å². The van der Waals surface area contributed by atoms with Gasteiger partial charge in [0.2, 0.25) is 0 Å². The van der Waals surface area contributed by atoms with Gasteiger partial charge < -0.3 is 5.73 Å². The average Bonchev–Trinajstić information content (AvgIpc) is 2.30. The van der Waals surface area contributed by atoms with E-state index in [-0.39, 0.29) is 0 Å². The quantitative estimate of drug-likeness (QED) is 0.780. The Hall–Kier alpha value is -1.90. The van der Waals surface area contributed by atoms with E-state index in [1.54, 1.807) is 0 Å². The Bertz CT molecular complexity index is 458. The molecule has 0 amide bonds. The molecule has 0 bridgehead atoms. The summed E-state index contributed by atoms with van der Waals surface area (Å²) in [5.41, 5.74) is 9.32. The van der Waals surface area contributed by atoms with Crippen molar-refractivity contribution in [3.05, 3.63) is 42.1 Å². The van der Waals surface area contributed by atoms with Crippen molar-refractivity contribution in [2.75, 3.05) is 5.73 Å². The minimum absolute atomic E-state index is 0.410. The molecule has 0 fully saturated rings. The van der Waals surface area contributed by atoms with Crippen LogP contribution in [0, 0.1) is 0 Å². The van der Waals surface area contributed by atoms with Crippen molar-refractivity contribution in [3.8, 4) is 11.3 Å². The molecule has 2 N–H and O–H groups in total. The molecule has 0 saturated heterocycles. The van der Waals surface area contributed by atoms with Gasteiger partial charge in [0.05, 0.1) is 11.4 Å². The predicted molar refractivity (Wildman–Crippen MR) is 66.0 cm³/mol. The number of hydrogen-bond donors (Lipinski definition) is 1. The first-order valence-corrected chi connectivity index (χ1v) is 5.36. The molecule has 0 spiro atoms. The third-order valence-corrected chi connectivity index (χ3v) is 2.48. The molecule has 0 unspecified atom stereocenters. The normalized spacial score (nSPS) is 10.7. The summed E-state index contributed by atoms with van der Waals surface area (Å²) in [7, 11) is 0. The summed E-state index contributed by atoms with van der Waals surface area (Å²) in [4.78, 5) is 0. The number of nitrogen functional groups attached to an aromatic ring is 1. The summed E-state index contributed by atoms with van der Waals surface area (Å²) in [5, 5.41) is 8.40. The lowest BCUT2D eigenvalue weighted by Crippen LogP contribution is -1.96. The lowest BCUT2D eigenvalue weighted by molar-refractivity contribution is 0.787. The highest BCUT2D eigenvalue weighted by molar-refractivity contribution is 5.61. The molecule has 0 atom stereocenters. The number of anilines is 1. The summed E-state index contributed by atoms with van der Waals surface area (Å²) in [6, 6.07) is 11.7. The Morgan fingerprint density at radius 2 is 1.62 bits per heavy atom. The number of nitrogens with zero attached hydrogens (tertiary/aromatic N) is 2. The van der Waals surface area contributed by atoms with Gasteiger partial charge in [-0.1, -0.05) is 26.0 Å². The predicted octanol–water partition coefficient (Wildman–Crippen LogP) is 2.85.